The molecule has 0 atom stereocenters. The van der Waals surface area contributed by atoms with E-state index in [2.05, 4.69) is 31.2 Å². The van der Waals surface area contributed by atoms with Gasteiger partial charge >= 0.3 is 0 Å². The van der Waals surface area contributed by atoms with Crippen LogP contribution >= 0.6 is 35.0 Å². The Kier molecular flexibility index (Phi) is 8.63. The Hall–Kier alpha value is -3.33. The van der Waals surface area contributed by atoms with E-state index in [1.54, 1.807) is 6.20 Å². The van der Waals surface area contributed by atoms with Gasteiger partial charge in [0.15, 0.2) is 5.16 Å². The molecule has 7 nitrogen and oxygen atoms in total. The molecule has 0 unspecified atom stereocenters. The highest BCUT2D eigenvalue weighted by Gasteiger charge is 2.21. The van der Waals surface area contributed by atoms with Crippen molar-refractivity contribution in [2.75, 3.05) is 36.0 Å². The summed E-state index contributed by atoms with van der Waals surface area (Å²) in [6.45, 7) is 3.70. The van der Waals surface area contributed by atoms with Gasteiger partial charge in [0.2, 0.25) is 0 Å². The molecule has 1 aliphatic rings. The molecule has 1 saturated heterocycles. The molecule has 0 aliphatic carbocycles. The average Bonchev–Trinajstić information content (AvgIpc) is 2.96. The normalized spacial score (nSPS) is 13.4. The molecule has 0 radical (unpaired) electrons. The second-order valence-corrected chi connectivity index (χ2v) is 10.5. The third-order valence-electron chi connectivity index (χ3n) is 6.20. The van der Waals surface area contributed by atoms with E-state index in [0.29, 0.717) is 28.2 Å². The van der Waals surface area contributed by atoms with Crippen LogP contribution in [-0.2, 0) is 12.3 Å². The van der Waals surface area contributed by atoms with E-state index >= 15 is 0 Å². The van der Waals surface area contributed by atoms with E-state index in [1.165, 1.54) is 11.8 Å². The summed E-state index contributed by atoms with van der Waals surface area (Å²) in [6, 6.07) is 22.9. The minimum absolute atomic E-state index is 0.132. The Morgan fingerprint density at radius 3 is 2.37 bits per heavy atom. The largest absolute Gasteiger partial charge is 0.367 e. The molecule has 4 aromatic rings. The van der Waals surface area contributed by atoms with E-state index in [-0.39, 0.29) is 5.91 Å². The Bertz CT molecular complexity index is 1380. The maximum absolute atomic E-state index is 12.5. The Labute approximate surface area is 236 Å². The number of aromatic nitrogens is 3. The van der Waals surface area contributed by atoms with E-state index in [1.807, 2.05) is 66.7 Å². The van der Waals surface area contributed by atoms with Crippen LogP contribution in [0.5, 0.6) is 0 Å². The maximum atomic E-state index is 12.5. The van der Waals surface area contributed by atoms with Crippen molar-refractivity contribution < 1.29 is 4.79 Å². The number of nitrogens with one attached hydrogen (secondary N) is 1. The van der Waals surface area contributed by atoms with E-state index < -0.39 is 0 Å². The van der Waals surface area contributed by atoms with Crippen molar-refractivity contribution in [3.63, 3.8) is 0 Å². The minimum atomic E-state index is -0.132. The molecule has 194 valence electrons. The van der Waals surface area contributed by atoms with Gasteiger partial charge in [0, 0.05) is 49.8 Å². The van der Waals surface area contributed by atoms with Crippen LogP contribution < -0.4 is 15.1 Å². The van der Waals surface area contributed by atoms with Gasteiger partial charge in [-0.3, -0.25) is 9.78 Å². The SMILES string of the molecule is O=C(NCc1ccccn1)c1ccc(CSc2nc(Cl)cc(N3CCN(c4ccccc4Cl)CC3)n2)cc1. The van der Waals surface area contributed by atoms with Crippen LogP contribution in [0.25, 0.3) is 0 Å². The van der Waals surface area contributed by atoms with E-state index in [4.69, 9.17) is 28.2 Å². The first-order valence-electron chi connectivity index (χ1n) is 12.2. The Morgan fingerprint density at radius 2 is 1.63 bits per heavy atom. The summed E-state index contributed by atoms with van der Waals surface area (Å²) < 4.78 is 0. The first-order chi connectivity index (χ1) is 18.5. The molecule has 38 heavy (non-hydrogen) atoms. The Morgan fingerprint density at radius 1 is 0.895 bits per heavy atom. The van der Waals surface area contributed by atoms with Crippen molar-refractivity contribution in [2.45, 2.75) is 17.5 Å². The molecule has 10 heteroatoms. The summed E-state index contributed by atoms with van der Waals surface area (Å²) in [4.78, 5) is 30.4. The van der Waals surface area contributed by atoms with Crippen LogP contribution in [0.1, 0.15) is 21.6 Å². The molecule has 0 saturated carbocycles. The highest BCUT2D eigenvalue weighted by Crippen LogP contribution is 2.29. The van der Waals surface area contributed by atoms with Crippen molar-refractivity contribution in [3.8, 4) is 0 Å². The molecule has 3 heterocycles. The number of anilines is 2. The van der Waals surface area contributed by atoms with Gasteiger partial charge in [-0.05, 0) is 42.0 Å². The summed E-state index contributed by atoms with van der Waals surface area (Å²) in [6.07, 6.45) is 1.71. The van der Waals surface area contributed by atoms with Crippen molar-refractivity contribution >= 4 is 52.4 Å². The topological polar surface area (TPSA) is 74.2 Å². The quantitative estimate of drug-likeness (QED) is 0.166. The lowest BCUT2D eigenvalue weighted by atomic mass is 10.1. The monoisotopic (exact) mass is 564 g/mol. The fraction of sp³-hybridized carbons (Fsp3) is 0.214. The summed E-state index contributed by atoms with van der Waals surface area (Å²) in [7, 11) is 0. The van der Waals surface area contributed by atoms with Crippen LogP contribution in [0, 0.1) is 0 Å². The number of hydrogen-bond donors (Lipinski definition) is 1. The summed E-state index contributed by atoms with van der Waals surface area (Å²) >= 11 is 14.3. The first kappa shape index (κ1) is 26.3. The third-order valence-corrected chi connectivity index (χ3v) is 7.63. The highest BCUT2D eigenvalue weighted by atomic mass is 35.5. The minimum Gasteiger partial charge on any atom is -0.367 e. The van der Waals surface area contributed by atoms with Gasteiger partial charge in [-0.25, -0.2) is 9.97 Å². The van der Waals surface area contributed by atoms with Gasteiger partial charge in [0.25, 0.3) is 5.91 Å². The number of para-hydroxylation sites is 1. The third kappa shape index (κ3) is 6.75. The summed E-state index contributed by atoms with van der Waals surface area (Å²) in [5.74, 6) is 1.36. The Balaban J connectivity index is 1.15. The number of nitrogens with zero attached hydrogens (tertiary/aromatic N) is 5. The van der Waals surface area contributed by atoms with Gasteiger partial charge in [-0.1, -0.05) is 65.3 Å². The van der Waals surface area contributed by atoms with Crippen LogP contribution in [0.3, 0.4) is 0 Å². The van der Waals surface area contributed by atoms with Gasteiger partial charge in [-0.15, -0.1) is 0 Å². The predicted octanol–water partition coefficient (Wildman–Crippen LogP) is 5.73. The molecule has 2 aromatic carbocycles. The molecule has 0 spiro atoms. The molecule has 0 bridgehead atoms. The standard InChI is InChI=1S/C28H26Cl2N6OS/c29-23-6-1-2-7-24(23)35-13-15-36(16-14-35)26-17-25(30)33-28(34-26)38-19-20-8-10-21(11-9-20)27(37)32-18-22-5-3-4-12-31-22/h1-12,17H,13-16,18-19H2,(H,32,37). The zero-order chi connectivity index (χ0) is 26.3. The highest BCUT2D eigenvalue weighted by molar-refractivity contribution is 7.98. The molecular weight excluding hydrogens is 539 g/mol. The van der Waals surface area contributed by atoms with Crippen LogP contribution in [-0.4, -0.2) is 47.0 Å². The first-order valence-corrected chi connectivity index (χ1v) is 14.0. The van der Waals surface area contributed by atoms with Crippen molar-refractivity contribution in [2.24, 2.45) is 0 Å². The molecule has 1 aliphatic heterocycles. The number of hydrogen-bond acceptors (Lipinski definition) is 7. The number of piperazine rings is 1. The van der Waals surface area contributed by atoms with Gasteiger partial charge < -0.3 is 15.1 Å². The van der Waals surface area contributed by atoms with Gasteiger partial charge in [0.1, 0.15) is 11.0 Å². The van der Waals surface area contributed by atoms with E-state index in [9.17, 15) is 4.79 Å². The second-order valence-electron chi connectivity index (χ2n) is 8.75. The van der Waals surface area contributed by atoms with Crippen molar-refractivity contribution in [1.82, 2.24) is 20.3 Å². The molecule has 1 fully saturated rings. The maximum Gasteiger partial charge on any atom is 0.251 e. The van der Waals surface area contributed by atoms with Crippen LogP contribution in [0.2, 0.25) is 10.2 Å². The molecule has 1 N–H and O–H groups in total. The fourth-order valence-corrected chi connectivity index (χ4v) is 5.46. The van der Waals surface area contributed by atoms with Gasteiger partial charge in [-0.2, -0.15) is 0 Å². The zero-order valence-corrected chi connectivity index (χ0v) is 22.9. The fourth-order valence-electron chi connectivity index (χ4n) is 4.17. The number of rotatable bonds is 8. The number of amides is 1. The number of carbonyl (C=O) groups is 1. The molecule has 2 aromatic heterocycles. The lowest BCUT2D eigenvalue weighted by Crippen LogP contribution is -2.47. The summed E-state index contributed by atoms with van der Waals surface area (Å²) in [5, 5.41) is 4.71. The summed E-state index contributed by atoms with van der Waals surface area (Å²) in [5.41, 5.74) is 3.54. The zero-order valence-electron chi connectivity index (χ0n) is 20.6. The number of pyridine rings is 1. The van der Waals surface area contributed by atoms with Crippen LogP contribution in [0.4, 0.5) is 11.5 Å². The van der Waals surface area contributed by atoms with Crippen molar-refractivity contribution in [1.29, 1.82) is 0 Å². The van der Waals surface area contributed by atoms with Gasteiger partial charge in [0.05, 0.1) is 22.9 Å². The number of halogens is 2. The molecule has 5 rings (SSSR count). The lowest BCUT2D eigenvalue weighted by molar-refractivity contribution is 0.0950. The van der Waals surface area contributed by atoms with Crippen LogP contribution in [0.15, 0.2) is 84.1 Å². The van der Waals surface area contributed by atoms with Crippen molar-refractivity contribution in [3.05, 3.63) is 106 Å². The molecular formula is C28H26Cl2N6OS. The smallest absolute Gasteiger partial charge is 0.251 e. The van der Waals surface area contributed by atoms with E-state index in [0.717, 1.165) is 54.0 Å². The lowest BCUT2D eigenvalue weighted by Gasteiger charge is -2.37. The average molecular weight is 566 g/mol. The number of benzene rings is 2. The number of thioether (sulfide) groups is 1. The predicted molar refractivity (Wildman–Crippen MR) is 154 cm³/mol. The molecule has 1 amide bonds. The number of carbonyl (C=O) groups excluding carboxylic acids is 1. The second kappa shape index (κ2) is 12.5.